The summed E-state index contributed by atoms with van der Waals surface area (Å²) < 4.78 is 33.5. The van der Waals surface area contributed by atoms with E-state index >= 15 is 0 Å². The molecule has 4 aromatic carbocycles. The number of fused-ring (bicyclic) bond motifs is 1. The fourth-order valence-corrected chi connectivity index (χ4v) is 7.64. The maximum absolute atomic E-state index is 14.6. The first-order valence-corrected chi connectivity index (χ1v) is 18.9. The van der Waals surface area contributed by atoms with Crippen molar-refractivity contribution in [2.75, 3.05) is 55.7 Å². The second-order valence-electron chi connectivity index (χ2n) is 14.0. The van der Waals surface area contributed by atoms with Gasteiger partial charge < -0.3 is 33.3 Å². The number of methoxy groups -OCH3 is 6. The van der Waals surface area contributed by atoms with Crippen LogP contribution in [0, 0.1) is 0 Å². The smallest absolute Gasteiger partial charge is 0.254 e. The van der Waals surface area contributed by atoms with Crippen molar-refractivity contribution in [2.45, 2.75) is 32.0 Å². The number of hydrogen-bond acceptors (Lipinski definition) is 10. The summed E-state index contributed by atoms with van der Waals surface area (Å²) in [5.74, 6) is 3.33. The number of pyridine rings is 2. The first-order valence-electron chi connectivity index (χ1n) is 18.9. The van der Waals surface area contributed by atoms with Crippen LogP contribution in [0.1, 0.15) is 34.3 Å². The van der Waals surface area contributed by atoms with Crippen molar-refractivity contribution in [1.29, 1.82) is 0 Å². The van der Waals surface area contributed by atoms with Crippen LogP contribution in [0.2, 0.25) is 0 Å². The lowest BCUT2D eigenvalue weighted by Crippen LogP contribution is -2.46. The Balaban J connectivity index is 1.12. The number of rotatable bonds is 14. The molecule has 294 valence electrons. The van der Waals surface area contributed by atoms with Crippen molar-refractivity contribution in [3.63, 3.8) is 0 Å². The minimum absolute atomic E-state index is 0.00140. The summed E-state index contributed by atoms with van der Waals surface area (Å²) >= 11 is 0. The third-order valence-corrected chi connectivity index (χ3v) is 10.6. The van der Waals surface area contributed by atoms with Crippen molar-refractivity contribution in [3.8, 4) is 56.9 Å². The Morgan fingerprint density at radius 1 is 0.649 bits per heavy atom. The Kier molecular flexibility index (Phi) is 12.0. The van der Waals surface area contributed by atoms with Crippen molar-refractivity contribution in [2.24, 2.45) is 0 Å². The molecule has 11 nitrogen and oxygen atoms in total. The van der Waals surface area contributed by atoms with Crippen molar-refractivity contribution in [1.82, 2.24) is 19.8 Å². The molecule has 7 rings (SSSR count). The Morgan fingerprint density at radius 2 is 1.26 bits per heavy atom. The van der Waals surface area contributed by atoms with Crippen molar-refractivity contribution >= 4 is 16.7 Å². The van der Waals surface area contributed by atoms with Crippen LogP contribution in [0.5, 0.6) is 34.5 Å². The van der Waals surface area contributed by atoms with Crippen molar-refractivity contribution in [3.05, 3.63) is 120 Å². The fraction of sp³-hybridized carbons (Fsp3) is 0.283. The molecule has 1 fully saturated rings. The predicted molar refractivity (Wildman–Crippen MR) is 221 cm³/mol. The van der Waals surface area contributed by atoms with Gasteiger partial charge in [-0.3, -0.25) is 19.7 Å². The summed E-state index contributed by atoms with van der Waals surface area (Å²) in [4.78, 5) is 28.3. The Morgan fingerprint density at radius 3 is 1.88 bits per heavy atom. The number of carbonyl (C=O) groups excluding carboxylic acids is 1. The highest BCUT2D eigenvalue weighted by atomic mass is 16.5. The third-order valence-electron chi connectivity index (χ3n) is 10.6. The van der Waals surface area contributed by atoms with E-state index in [1.54, 1.807) is 42.7 Å². The zero-order valence-electron chi connectivity index (χ0n) is 33.3. The van der Waals surface area contributed by atoms with E-state index in [0.717, 1.165) is 76.8 Å². The van der Waals surface area contributed by atoms with E-state index in [-0.39, 0.29) is 11.9 Å². The molecule has 0 unspecified atom stereocenters. The molecule has 0 radical (unpaired) electrons. The summed E-state index contributed by atoms with van der Waals surface area (Å²) in [7, 11) is 9.60. The van der Waals surface area contributed by atoms with E-state index in [9.17, 15) is 4.79 Å². The molecule has 0 atom stereocenters. The zero-order chi connectivity index (χ0) is 39.9. The maximum Gasteiger partial charge on any atom is 0.254 e. The largest absolute Gasteiger partial charge is 0.493 e. The summed E-state index contributed by atoms with van der Waals surface area (Å²) in [5, 5.41) is 2.13. The number of ether oxygens (including phenoxy) is 6. The van der Waals surface area contributed by atoms with Gasteiger partial charge in [0.05, 0.1) is 48.4 Å². The number of piperidine rings is 1. The van der Waals surface area contributed by atoms with Crippen LogP contribution in [-0.4, -0.2) is 87.5 Å². The second kappa shape index (κ2) is 17.6. The lowest BCUT2D eigenvalue weighted by Gasteiger charge is -2.39. The number of aromatic nitrogens is 2. The van der Waals surface area contributed by atoms with Crippen LogP contribution in [0.25, 0.3) is 33.2 Å². The van der Waals surface area contributed by atoms with Crippen LogP contribution in [0.4, 0.5) is 0 Å². The van der Waals surface area contributed by atoms with Gasteiger partial charge >= 0.3 is 0 Å². The van der Waals surface area contributed by atoms with E-state index in [0.29, 0.717) is 46.6 Å². The Hall–Kier alpha value is -6.33. The van der Waals surface area contributed by atoms with Crippen molar-refractivity contribution < 1.29 is 33.2 Å². The van der Waals surface area contributed by atoms with Crippen LogP contribution >= 0.6 is 0 Å². The molecule has 1 saturated heterocycles. The van der Waals surface area contributed by atoms with Gasteiger partial charge in [0.15, 0.2) is 23.0 Å². The van der Waals surface area contributed by atoms with Crippen LogP contribution in [-0.2, 0) is 13.1 Å². The highest BCUT2D eigenvalue weighted by molar-refractivity contribution is 5.98. The molecular weight excluding hydrogens is 721 g/mol. The first-order chi connectivity index (χ1) is 27.9. The van der Waals surface area contributed by atoms with Crippen LogP contribution in [0.3, 0.4) is 0 Å². The first kappa shape index (κ1) is 38.9. The van der Waals surface area contributed by atoms with Gasteiger partial charge in [-0.05, 0) is 94.9 Å². The molecule has 1 amide bonds. The SMILES string of the molecule is COc1cc(-c2cncc(CN(C(=O)c3ccc4ccccc4c3)C3CCN(Cc4ccnc(-c5cc(OC)c(OC)c(OC)c5)c4)CC3)c2)cc(OC)c1OC. The number of carbonyl (C=O) groups is 1. The Labute approximate surface area is 333 Å². The minimum Gasteiger partial charge on any atom is -0.493 e. The molecule has 6 aromatic rings. The van der Waals surface area contributed by atoms with E-state index < -0.39 is 0 Å². The number of amides is 1. The summed E-state index contributed by atoms with van der Waals surface area (Å²) in [6.45, 7) is 2.82. The third kappa shape index (κ3) is 8.44. The van der Waals surface area contributed by atoms with Gasteiger partial charge in [0.25, 0.3) is 5.91 Å². The van der Waals surface area contributed by atoms with Gasteiger partial charge in [-0.1, -0.05) is 30.3 Å². The average Bonchev–Trinajstić information content (AvgIpc) is 3.27. The molecule has 0 spiro atoms. The molecule has 0 aliphatic carbocycles. The van der Waals surface area contributed by atoms with E-state index in [1.807, 2.05) is 84.2 Å². The number of hydrogen-bond donors (Lipinski definition) is 0. The minimum atomic E-state index is 0.00140. The predicted octanol–water partition coefficient (Wildman–Crippen LogP) is 8.32. The van der Waals surface area contributed by atoms with Crippen LogP contribution < -0.4 is 28.4 Å². The Bertz CT molecular complexity index is 2310. The molecule has 57 heavy (non-hydrogen) atoms. The van der Waals surface area contributed by atoms with Gasteiger partial charge in [-0.2, -0.15) is 0 Å². The quantitative estimate of drug-likeness (QED) is 0.107. The number of nitrogens with zero attached hydrogens (tertiary/aromatic N) is 4. The molecule has 0 saturated carbocycles. The fourth-order valence-electron chi connectivity index (χ4n) is 7.64. The average molecular weight is 769 g/mol. The van der Waals surface area contributed by atoms with Gasteiger partial charge in [-0.15, -0.1) is 0 Å². The standard InChI is InChI=1S/C46H48N4O7/c1-52-40-22-35(23-41(53-2)44(40)56-5)37-19-31(26-47-27-37)29-50(46(51)34-12-11-32-9-7-8-10-33(32)21-34)38-14-17-49(18-15-38)28-30-13-16-48-39(20-30)36-24-42(54-3)45(57-6)43(25-36)55-4/h7-13,16,19-27,38H,14-15,17-18,28-29H2,1-6H3. The highest BCUT2D eigenvalue weighted by Crippen LogP contribution is 2.42. The van der Waals surface area contributed by atoms with Gasteiger partial charge in [-0.25, -0.2) is 0 Å². The lowest BCUT2D eigenvalue weighted by atomic mass is 9.99. The number of likely N-dealkylation sites (tertiary alicyclic amines) is 1. The lowest BCUT2D eigenvalue weighted by molar-refractivity contribution is 0.0542. The molecule has 0 bridgehead atoms. The molecular formula is C46H48N4O7. The van der Waals surface area contributed by atoms with E-state index in [1.165, 1.54) is 0 Å². The molecule has 2 aromatic heterocycles. The zero-order valence-corrected chi connectivity index (χ0v) is 33.3. The van der Waals surface area contributed by atoms with Crippen LogP contribution in [0.15, 0.2) is 104 Å². The van der Waals surface area contributed by atoms with Gasteiger partial charge in [0.1, 0.15) is 0 Å². The van der Waals surface area contributed by atoms with Gasteiger partial charge in [0.2, 0.25) is 11.5 Å². The topological polar surface area (TPSA) is 105 Å². The highest BCUT2D eigenvalue weighted by Gasteiger charge is 2.30. The van der Waals surface area contributed by atoms with E-state index in [2.05, 4.69) is 39.1 Å². The molecule has 0 N–H and O–H groups in total. The molecule has 11 heteroatoms. The van der Waals surface area contributed by atoms with Gasteiger partial charge in [0, 0.05) is 67.5 Å². The maximum atomic E-state index is 14.6. The summed E-state index contributed by atoms with van der Waals surface area (Å²) in [6, 6.07) is 28.0. The summed E-state index contributed by atoms with van der Waals surface area (Å²) in [6.07, 6.45) is 7.13. The monoisotopic (exact) mass is 768 g/mol. The normalized spacial score (nSPS) is 13.2. The second-order valence-corrected chi connectivity index (χ2v) is 14.0. The molecule has 1 aliphatic rings. The number of benzene rings is 4. The molecule has 1 aliphatic heterocycles. The molecule has 3 heterocycles. The van der Waals surface area contributed by atoms with E-state index in [4.69, 9.17) is 28.4 Å². The summed E-state index contributed by atoms with van der Waals surface area (Å²) in [5.41, 5.74) is 6.17.